The SMILES string of the molecule is Cc1[nH]c(C(=O)OC(C)C(=O)NCc2ccc3c(c2)OCO3)c(C)c1C(=O)OC(C)C. The second-order valence-electron chi connectivity index (χ2n) is 7.53. The molecule has 1 aliphatic heterocycles. The maximum atomic E-state index is 12.6. The summed E-state index contributed by atoms with van der Waals surface area (Å²) in [6, 6.07) is 5.36. The van der Waals surface area contributed by atoms with Gasteiger partial charge in [0.05, 0.1) is 11.7 Å². The summed E-state index contributed by atoms with van der Waals surface area (Å²) in [5, 5.41) is 2.72. The lowest BCUT2D eigenvalue weighted by atomic mass is 10.1. The number of carbonyl (C=O) groups is 3. The number of aromatic nitrogens is 1. The fraction of sp³-hybridized carbons (Fsp3) is 0.409. The number of amides is 1. The summed E-state index contributed by atoms with van der Waals surface area (Å²) in [5.74, 6) is -0.419. The number of benzene rings is 1. The Morgan fingerprint density at radius 1 is 1.06 bits per heavy atom. The zero-order chi connectivity index (χ0) is 22.7. The average Bonchev–Trinajstić information content (AvgIpc) is 3.28. The number of esters is 2. The van der Waals surface area contributed by atoms with Gasteiger partial charge in [-0.1, -0.05) is 6.07 Å². The highest BCUT2D eigenvalue weighted by Gasteiger charge is 2.27. The normalized spacial score (nSPS) is 13.1. The Balaban J connectivity index is 1.59. The standard InChI is InChI=1S/C22H26N2O7/c1-11(2)30-21(26)18-12(3)19(24-13(18)4)22(27)31-14(5)20(25)23-9-15-6-7-16-17(8-15)29-10-28-16/h6-8,11,14,24H,9-10H2,1-5H3,(H,23,25). The molecule has 9 heteroatoms. The molecule has 0 radical (unpaired) electrons. The third kappa shape index (κ3) is 4.99. The summed E-state index contributed by atoms with van der Waals surface area (Å²) in [6.45, 7) is 8.67. The first-order valence-corrected chi connectivity index (χ1v) is 9.94. The largest absolute Gasteiger partial charge is 0.459 e. The molecule has 2 heterocycles. The van der Waals surface area contributed by atoms with Crippen molar-refractivity contribution in [3.05, 3.63) is 46.3 Å². The zero-order valence-electron chi connectivity index (χ0n) is 18.2. The Hall–Kier alpha value is -3.49. The Bertz CT molecular complexity index is 1010. The van der Waals surface area contributed by atoms with Crippen molar-refractivity contribution >= 4 is 17.8 Å². The molecule has 0 saturated carbocycles. The van der Waals surface area contributed by atoms with E-state index in [1.807, 2.05) is 6.07 Å². The summed E-state index contributed by atoms with van der Waals surface area (Å²) < 4.78 is 21.1. The van der Waals surface area contributed by atoms with Gasteiger partial charge in [-0.3, -0.25) is 4.79 Å². The van der Waals surface area contributed by atoms with Gasteiger partial charge in [-0.2, -0.15) is 0 Å². The molecule has 2 N–H and O–H groups in total. The van der Waals surface area contributed by atoms with Crippen molar-refractivity contribution in [2.45, 2.75) is 53.4 Å². The molecule has 0 bridgehead atoms. The first-order chi connectivity index (χ1) is 14.7. The molecule has 1 aliphatic rings. The van der Waals surface area contributed by atoms with E-state index in [1.54, 1.807) is 39.8 Å². The van der Waals surface area contributed by atoms with E-state index in [0.717, 1.165) is 5.56 Å². The lowest BCUT2D eigenvalue weighted by molar-refractivity contribution is -0.129. The monoisotopic (exact) mass is 430 g/mol. The number of rotatable bonds is 7. The van der Waals surface area contributed by atoms with Gasteiger partial charge in [-0.15, -0.1) is 0 Å². The molecule has 2 aromatic rings. The molecular weight excluding hydrogens is 404 g/mol. The molecule has 1 unspecified atom stereocenters. The van der Waals surface area contributed by atoms with Crippen LogP contribution < -0.4 is 14.8 Å². The molecule has 3 rings (SSSR count). The van der Waals surface area contributed by atoms with Crippen molar-refractivity contribution in [3.63, 3.8) is 0 Å². The number of hydrogen-bond donors (Lipinski definition) is 2. The molecule has 1 atom stereocenters. The molecule has 1 aromatic carbocycles. The van der Waals surface area contributed by atoms with Crippen LogP contribution in [0.15, 0.2) is 18.2 Å². The minimum atomic E-state index is -1.03. The van der Waals surface area contributed by atoms with Crippen molar-refractivity contribution in [1.82, 2.24) is 10.3 Å². The first kappa shape index (κ1) is 22.2. The number of carbonyl (C=O) groups excluding carboxylic acids is 3. The second kappa shape index (κ2) is 9.11. The number of H-pyrrole nitrogens is 1. The number of nitrogens with one attached hydrogen (secondary N) is 2. The number of aromatic amines is 1. The van der Waals surface area contributed by atoms with E-state index >= 15 is 0 Å². The van der Waals surface area contributed by atoms with Gasteiger partial charge in [0.1, 0.15) is 5.69 Å². The summed E-state index contributed by atoms with van der Waals surface area (Å²) in [5.41, 5.74) is 2.14. The van der Waals surface area contributed by atoms with Crippen LogP contribution in [0.4, 0.5) is 0 Å². The van der Waals surface area contributed by atoms with E-state index in [2.05, 4.69) is 10.3 Å². The zero-order valence-corrected chi connectivity index (χ0v) is 18.2. The fourth-order valence-corrected chi connectivity index (χ4v) is 3.19. The predicted octanol–water partition coefficient (Wildman–Crippen LogP) is 2.79. The topological polar surface area (TPSA) is 116 Å². The quantitative estimate of drug-likeness (QED) is 0.649. The maximum Gasteiger partial charge on any atom is 0.355 e. The predicted molar refractivity (Wildman–Crippen MR) is 110 cm³/mol. The van der Waals surface area contributed by atoms with Gasteiger partial charge in [-0.25, -0.2) is 9.59 Å². The molecule has 1 amide bonds. The van der Waals surface area contributed by atoms with Gasteiger partial charge in [-0.05, 0) is 57.9 Å². The van der Waals surface area contributed by atoms with Crippen molar-refractivity contribution in [2.24, 2.45) is 0 Å². The van der Waals surface area contributed by atoms with E-state index in [-0.39, 0.29) is 25.1 Å². The Morgan fingerprint density at radius 2 is 1.77 bits per heavy atom. The summed E-state index contributed by atoms with van der Waals surface area (Å²) in [7, 11) is 0. The third-order valence-electron chi connectivity index (χ3n) is 4.75. The van der Waals surface area contributed by atoms with E-state index < -0.39 is 23.9 Å². The van der Waals surface area contributed by atoms with Crippen molar-refractivity contribution in [2.75, 3.05) is 6.79 Å². The minimum absolute atomic E-state index is 0.114. The van der Waals surface area contributed by atoms with E-state index in [9.17, 15) is 14.4 Å². The van der Waals surface area contributed by atoms with Crippen LogP contribution in [0, 0.1) is 13.8 Å². The van der Waals surface area contributed by atoms with Crippen molar-refractivity contribution < 1.29 is 33.3 Å². The summed E-state index contributed by atoms with van der Waals surface area (Å²) in [4.78, 5) is 40.1. The smallest absolute Gasteiger partial charge is 0.355 e. The number of aryl methyl sites for hydroxylation is 1. The van der Waals surface area contributed by atoms with Crippen LogP contribution in [0.2, 0.25) is 0 Å². The number of fused-ring (bicyclic) bond motifs is 1. The van der Waals surface area contributed by atoms with Crippen molar-refractivity contribution in [3.8, 4) is 11.5 Å². The minimum Gasteiger partial charge on any atom is -0.459 e. The van der Waals surface area contributed by atoms with Gasteiger partial charge in [0.25, 0.3) is 5.91 Å². The Labute approximate surface area is 180 Å². The highest BCUT2D eigenvalue weighted by Crippen LogP contribution is 2.32. The van der Waals surface area contributed by atoms with Crippen LogP contribution in [0.1, 0.15) is 58.4 Å². The molecular formula is C22H26N2O7. The van der Waals surface area contributed by atoms with Gasteiger partial charge >= 0.3 is 11.9 Å². The molecule has 0 saturated heterocycles. The molecule has 1 aromatic heterocycles. The lowest BCUT2D eigenvalue weighted by Crippen LogP contribution is -2.35. The lowest BCUT2D eigenvalue weighted by Gasteiger charge is -2.14. The molecule has 0 spiro atoms. The van der Waals surface area contributed by atoms with E-state index in [1.165, 1.54) is 6.92 Å². The van der Waals surface area contributed by atoms with Crippen LogP contribution >= 0.6 is 0 Å². The van der Waals surface area contributed by atoms with Crippen LogP contribution in [-0.4, -0.2) is 41.8 Å². The third-order valence-corrected chi connectivity index (χ3v) is 4.75. The van der Waals surface area contributed by atoms with E-state index in [4.69, 9.17) is 18.9 Å². The van der Waals surface area contributed by atoms with Gasteiger partial charge < -0.3 is 29.2 Å². The van der Waals surface area contributed by atoms with Crippen LogP contribution in [0.5, 0.6) is 11.5 Å². The fourth-order valence-electron chi connectivity index (χ4n) is 3.19. The first-order valence-electron chi connectivity index (χ1n) is 9.94. The Kier molecular flexibility index (Phi) is 6.53. The maximum absolute atomic E-state index is 12.6. The van der Waals surface area contributed by atoms with Crippen LogP contribution in [0.25, 0.3) is 0 Å². The Morgan fingerprint density at radius 3 is 2.48 bits per heavy atom. The summed E-state index contributed by atoms with van der Waals surface area (Å²) in [6.07, 6.45) is -1.32. The van der Waals surface area contributed by atoms with Crippen molar-refractivity contribution in [1.29, 1.82) is 0 Å². The average molecular weight is 430 g/mol. The summed E-state index contributed by atoms with van der Waals surface area (Å²) >= 11 is 0. The highest BCUT2D eigenvalue weighted by molar-refractivity contribution is 5.99. The van der Waals surface area contributed by atoms with Gasteiger partial charge in [0.2, 0.25) is 6.79 Å². The van der Waals surface area contributed by atoms with Gasteiger partial charge in [0, 0.05) is 12.2 Å². The van der Waals surface area contributed by atoms with E-state index in [0.29, 0.717) is 28.3 Å². The highest BCUT2D eigenvalue weighted by atomic mass is 16.7. The number of ether oxygens (including phenoxy) is 4. The number of hydrogen-bond acceptors (Lipinski definition) is 7. The van der Waals surface area contributed by atoms with Crippen LogP contribution in [-0.2, 0) is 20.8 Å². The molecule has 9 nitrogen and oxygen atoms in total. The molecule has 31 heavy (non-hydrogen) atoms. The molecule has 0 aliphatic carbocycles. The molecule has 0 fully saturated rings. The molecule has 166 valence electrons. The second-order valence-corrected chi connectivity index (χ2v) is 7.53. The van der Waals surface area contributed by atoms with Gasteiger partial charge in [0.15, 0.2) is 17.6 Å². The van der Waals surface area contributed by atoms with Crippen LogP contribution in [0.3, 0.4) is 0 Å².